The van der Waals surface area contributed by atoms with Crippen molar-refractivity contribution >= 4 is 29.3 Å². The summed E-state index contributed by atoms with van der Waals surface area (Å²) in [5.41, 5.74) is 0.545. The number of Topliss-reactive ketones (excluding diaryl/α,β-unsaturated/α-hetero) is 1. The maximum Gasteiger partial charge on any atom is 0.328 e. The first-order chi connectivity index (χ1) is 11.0. The molecule has 7 nitrogen and oxygen atoms in total. The first-order valence-corrected chi connectivity index (χ1v) is 7.57. The number of carbonyl (C=O) groups is 3. The summed E-state index contributed by atoms with van der Waals surface area (Å²) < 4.78 is 19.9. The Morgan fingerprint density at radius 1 is 1.17 bits per heavy atom. The number of ketones is 1. The fourth-order valence-electron chi connectivity index (χ4n) is 1.86. The molecule has 1 aromatic rings. The number of ether oxygens (including phenoxy) is 3. The van der Waals surface area contributed by atoms with Crippen molar-refractivity contribution in [1.29, 1.82) is 0 Å². The van der Waals surface area contributed by atoms with E-state index in [-0.39, 0.29) is 31.5 Å². The molecule has 0 saturated carbocycles. The summed E-state index contributed by atoms with van der Waals surface area (Å²) in [6.45, 7) is 3.31. The third kappa shape index (κ3) is 4.80. The standard InChI is InChI=1S/C15H19ClO7/c1-4-21-14(18)12(15(19)22-5-2)13(17)10-6-9(7-16)11(23-10)8-20-3/h6,12H,4-5,7-8H2,1-3H3. The van der Waals surface area contributed by atoms with Crippen LogP contribution in [-0.4, -0.2) is 38.0 Å². The quantitative estimate of drug-likeness (QED) is 0.292. The summed E-state index contributed by atoms with van der Waals surface area (Å²) >= 11 is 5.78. The summed E-state index contributed by atoms with van der Waals surface area (Å²) in [4.78, 5) is 36.3. The van der Waals surface area contributed by atoms with E-state index in [4.69, 9.17) is 30.2 Å². The summed E-state index contributed by atoms with van der Waals surface area (Å²) in [5.74, 6) is -4.23. The number of rotatable bonds is 9. The van der Waals surface area contributed by atoms with E-state index in [1.54, 1.807) is 13.8 Å². The van der Waals surface area contributed by atoms with Crippen LogP contribution in [0.3, 0.4) is 0 Å². The van der Waals surface area contributed by atoms with Crippen molar-refractivity contribution in [1.82, 2.24) is 0 Å². The molecule has 128 valence electrons. The van der Waals surface area contributed by atoms with Crippen molar-refractivity contribution in [3.63, 3.8) is 0 Å². The van der Waals surface area contributed by atoms with Crippen molar-refractivity contribution in [3.05, 3.63) is 23.2 Å². The number of methoxy groups -OCH3 is 1. The van der Waals surface area contributed by atoms with Crippen LogP contribution in [0.15, 0.2) is 10.5 Å². The fourth-order valence-corrected chi connectivity index (χ4v) is 2.08. The zero-order valence-electron chi connectivity index (χ0n) is 13.2. The molecule has 0 aromatic carbocycles. The number of hydrogen-bond acceptors (Lipinski definition) is 7. The van der Waals surface area contributed by atoms with Crippen LogP contribution in [0.25, 0.3) is 0 Å². The molecule has 0 aliphatic carbocycles. The van der Waals surface area contributed by atoms with Crippen molar-refractivity contribution in [2.45, 2.75) is 26.3 Å². The van der Waals surface area contributed by atoms with Crippen LogP contribution in [0.2, 0.25) is 0 Å². The Hall–Kier alpha value is -1.86. The van der Waals surface area contributed by atoms with Gasteiger partial charge in [0.1, 0.15) is 12.4 Å². The van der Waals surface area contributed by atoms with E-state index in [9.17, 15) is 14.4 Å². The molecule has 1 heterocycles. The Kier molecular flexibility index (Phi) is 7.77. The SMILES string of the molecule is CCOC(=O)C(C(=O)OCC)C(=O)c1cc(CCl)c(COC)o1. The maximum atomic E-state index is 12.5. The monoisotopic (exact) mass is 346 g/mol. The van der Waals surface area contributed by atoms with Crippen molar-refractivity contribution in [3.8, 4) is 0 Å². The Bertz CT molecular complexity index is 546. The summed E-state index contributed by atoms with van der Waals surface area (Å²) in [6, 6.07) is 1.38. The van der Waals surface area contributed by atoms with Gasteiger partial charge in [-0.3, -0.25) is 14.4 Å². The lowest BCUT2D eigenvalue weighted by molar-refractivity contribution is -0.158. The van der Waals surface area contributed by atoms with Gasteiger partial charge >= 0.3 is 11.9 Å². The third-order valence-corrected chi connectivity index (χ3v) is 3.15. The molecule has 0 bridgehead atoms. The van der Waals surface area contributed by atoms with Crippen molar-refractivity contribution in [2.75, 3.05) is 20.3 Å². The zero-order chi connectivity index (χ0) is 17.4. The van der Waals surface area contributed by atoms with Crippen LogP contribution in [0, 0.1) is 5.92 Å². The molecular weight excluding hydrogens is 328 g/mol. The lowest BCUT2D eigenvalue weighted by atomic mass is 10.0. The minimum atomic E-state index is -1.72. The smallest absolute Gasteiger partial charge is 0.328 e. The summed E-state index contributed by atoms with van der Waals surface area (Å²) in [6.07, 6.45) is 0. The Morgan fingerprint density at radius 3 is 2.17 bits per heavy atom. The highest BCUT2D eigenvalue weighted by molar-refractivity contribution is 6.20. The van der Waals surface area contributed by atoms with Crippen LogP contribution < -0.4 is 0 Å². The molecule has 0 unspecified atom stereocenters. The van der Waals surface area contributed by atoms with Crippen molar-refractivity contribution in [2.24, 2.45) is 5.92 Å². The summed E-state index contributed by atoms with van der Waals surface area (Å²) in [7, 11) is 1.46. The number of halogens is 1. The van der Waals surface area contributed by atoms with Gasteiger partial charge in [-0.05, 0) is 19.9 Å². The van der Waals surface area contributed by atoms with Crippen LogP contribution in [0.1, 0.15) is 35.7 Å². The third-order valence-electron chi connectivity index (χ3n) is 2.87. The van der Waals surface area contributed by atoms with Gasteiger partial charge in [-0.1, -0.05) is 0 Å². The van der Waals surface area contributed by atoms with Gasteiger partial charge < -0.3 is 18.6 Å². The largest absolute Gasteiger partial charge is 0.465 e. The molecule has 0 radical (unpaired) electrons. The van der Waals surface area contributed by atoms with E-state index >= 15 is 0 Å². The minimum absolute atomic E-state index is 0.0298. The van der Waals surface area contributed by atoms with Gasteiger partial charge in [-0.15, -0.1) is 11.6 Å². The van der Waals surface area contributed by atoms with E-state index in [1.165, 1.54) is 13.2 Å². The lowest BCUT2D eigenvalue weighted by Gasteiger charge is -2.12. The van der Waals surface area contributed by atoms with Gasteiger partial charge in [0.15, 0.2) is 5.76 Å². The first-order valence-electron chi connectivity index (χ1n) is 7.04. The van der Waals surface area contributed by atoms with Crippen LogP contribution in [0.4, 0.5) is 0 Å². The van der Waals surface area contributed by atoms with Gasteiger partial charge in [-0.25, -0.2) is 0 Å². The number of furan rings is 1. The molecule has 0 amide bonds. The zero-order valence-corrected chi connectivity index (χ0v) is 14.0. The Morgan fingerprint density at radius 2 is 1.74 bits per heavy atom. The lowest BCUT2D eigenvalue weighted by Crippen LogP contribution is -2.34. The molecule has 0 N–H and O–H groups in total. The van der Waals surface area contributed by atoms with E-state index < -0.39 is 23.6 Å². The highest BCUT2D eigenvalue weighted by atomic mass is 35.5. The number of alkyl halides is 1. The number of hydrogen-bond donors (Lipinski definition) is 0. The van der Waals surface area contributed by atoms with E-state index in [1.807, 2.05) is 0 Å². The van der Waals surface area contributed by atoms with Crippen LogP contribution in [0.5, 0.6) is 0 Å². The molecule has 0 saturated heterocycles. The van der Waals surface area contributed by atoms with Gasteiger partial charge in [0.25, 0.3) is 0 Å². The molecule has 0 aliphatic heterocycles. The average Bonchev–Trinajstić information content (AvgIpc) is 2.91. The van der Waals surface area contributed by atoms with Gasteiger partial charge in [0.2, 0.25) is 11.7 Å². The normalized spacial score (nSPS) is 10.7. The fraction of sp³-hybridized carbons (Fsp3) is 0.533. The van der Waals surface area contributed by atoms with Crippen LogP contribution >= 0.6 is 11.6 Å². The average molecular weight is 347 g/mol. The molecule has 1 aromatic heterocycles. The molecule has 0 spiro atoms. The molecule has 8 heteroatoms. The highest BCUT2D eigenvalue weighted by Crippen LogP contribution is 2.22. The maximum absolute atomic E-state index is 12.5. The van der Waals surface area contributed by atoms with E-state index in [2.05, 4.69) is 0 Å². The molecule has 0 atom stereocenters. The molecular formula is C15H19ClO7. The van der Waals surface area contributed by atoms with Gasteiger partial charge in [0.05, 0.1) is 19.1 Å². The second kappa shape index (κ2) is 9.32. The molecule has 0 aliphatic rings. The van der Waals surface area contributed by atoms with Gasteiger partial charge in [-0.2, -0.15) is 0 Å². The van der Waals surface area contributed by atoms with E-state index in [0.29, 0.717) is 11.3 Å². The predicted octanol–water partition coefficient (Wildman–Crippen LogP) is 2.09. The first kappa shape index (κ1) is 19.2. The van der Waals surface area contributed by atoms with Gasteiger partial charge in [0, 0.05) is 12.7 Å². The second-order valence-corrected chi connectivity index (χ2v) is 4.69. The van der Waals surface area contributed by atoms with E-state index in [0.717, 1.165) is 0 Å². The number of carbonyl (C=O) groups excluding carboxylic acids is 3. The predicted molar refractivity (Wildman–Crippen MR) is 80.1 cm³/mol. The highest BCUT2D eigenvalue weighted by Gasteiger charge is 2.39. The Labute approximate surface area is 138 Å². The minimum Gasteiger partial charge on any atom is -0.465 e. The molecule has 23 heavy (non-hydrogen) atoms. The summed E-state index contributed by atoms with van der Waals surface area (Å²) in [5, 5.41) is 0. The number of esters is 2. The molecule has 1 rings (SSSR count). The molecule has 0 fully saturated rings. The van der Waals surface area contributed by atoms with Crippen molar-refractivity contribution < 1.29 is 33.0 Å². The second-order valence-electron chi connectivity index (χ2n) is 4.43. The Balaban J connectivity index is 3.13. The van der Waals surface area contributed by atoms with Crippen LogP contribution in [-0.2, 0) is 36.3 Å². The topological polar surface area (TPSA) is 92.0 Å².